The Labute approximate surface area is 125 Å². The number of hydrogen-bond donors (Lipinski definition) is 2. The first-order chi connectivity index (χ1) is 9.96. The van der Waals surface area contributed by atoms with E-state index in [-0.39, 0.29) is 25.0 Å². The Morgan fingerprint density at radius 1 is 1.38 bits per heavy atom. The first-order valence-electron chi connectivity index (χ1n) is 7.43. The van der Waals surface area contributed by atoms with Crippen LogP contribution in [0.2, 0.25) is 0 Å². The number of aliphatic carboxylic acids is 1. The van der Waals surface area contributed by atoms with Crippen LogP contribution in [0.5, 0.6) is 0 Å². The smallest absolute Gasteiger partial charge is 0.326 e. The highest BCUT2D eigenvalue weighted by Crippen LogP contribution is 2.22. The van der Waals surface area contributed by atoms with Gasteiger partial charge in [0.1, 0.15) is 6.04 Å². The number of methoxy groups -OCH3 is 1. The number of carboxylic acids is 1. The lowest BCUT2D eigenvalue weighted by atomic mass is 10.1. The lowest BCUT2D eigenvalue weighted by Gasteiger charge is -2.35. The molecule has 0 aromatic rings. The monoisotopic (exact) mass is 302 g/mol. The molecule has 0 unspecified atom stereocenters. The van der Waals surface area contributed by atoms with Gasteiger partial charge in [0.15, 0.2) is 0 Å². The van der Waals surface area contributed by atoms with Gasteiger partial charge in [0.25, 0.3) is 0 Å². The van der Waals surface area contributed by atoms with Crippen LogP contribution in [0.25, 0.3) is 0 Å². The second-order valence-electron chi connectivity index (χ2n) is 5.34. The van der Waals surface area contributed by atoms with Gasteiger partial charge in [-0.15, -0.1) is 0 Å². The predicted octanol–water partition coefficient (Wildman–Crippen LogP) is 0.763. The number of likely N-dealkylation sites (tertiary alicyclic amines) is 1. The molecule has 1 saturated heterocycles. The second-order valence-corrected chi connectivity index (χ2v) is 5.34. The van der Waals surface area contributed by atoms with Crippen LogP contribution in [0.3, 0.4) is 0 Å². The van der Waals surface area contributed by atoms with E-state index in [4.69, 9.17) is 4.74 Å². The number of carbonyl (C=O) groups is 2. The van der Waals surface area contributed by atoms with Crippen LogP contribution in [-0.2, 0) is 9.53 Å². The summed E-state index contributed by atoms with van der Waals surface area (Å²) in [6.45, 7) is 4.87. The summed E-state index contributed by atoms with van der Waals surface area (Å²) in [5.74, 6) is -1.07. The molecular formula is C14H26N2O5. The highest BCUT2D eigenvalue weighted by atomic mass is 16.5. The molecule has 2 N–H and O–H groups in total. The average Bonchev–Trinajstić information content (AvgIpc) is 2.85. The van der Waals surface area contributed by atoms with Crippen LogP contribution in [0.1, 0.15) is 33.1 Å². The van der Waals surface area contributed by atoms with Crippen molar-refractivity contribution in [3.05, 3.63) is 0 Å². The minimum Gasteiger partial charge on any atom is -0.480 e. The molecule has 2 atom stereocenters. The van der Waals surface area contributed by atoms with Crippen LogP contribution in [-0.4, -0.2) is 77.0 Å². The first kappa shape index (κ1) is 17.7. The standard InChI is InChI=1S/C14H26N2O5/c1-4-10(5-2)15(6-7-21-3)14(20)16-9-11(17)8-12(16)13(18)19/h10-12,17H,4-9H2,1-3H3,(H,18,19)/t11-,12-/m0/s1. The van der Waals surface area contributed by atoms with Crippen molar-refractivity contribution < 1.29 is 24.5 Å². The normalized spacial score (nSPS) is 21.9. The molecule has 1 aliphatic heterocycles. The molecule has 7 nitrogen and oxygen atoms in total. The molecule has 21 heavy (non-hydrogen) atoms. The average molecular weight is 302 g/mol. The van der Waals surface area contributed by atoms with Crippen molar-refractivity contribution >= 4 is 12.0 Å². The number of ether oxygens (including phenoxy) is 1. The lowest BCUT2D eigenvalue weighted by molar-refractivity contribution is -0.141. The summed E-state index contributed by atoms with van der Waals surface area (Å²) in [6.07, 6.45) is 0.892. The summed E-state index contributed by atoms with van der Waals surface area (Å²) in [4.78, 5) is 26.9. The zero-order valence-electron chi connectivity index (χ0n) is 13.0. The molecule has 2 amide bonds. The number of urea groups is 1. The molecule has 0 bridgehead atoms. The Balaban J connectivity index is 2.89. The van der Waals surface area contributed by atoms with Gasteiger partial charge < -0.3 is 24.7 Å². The molecule has 0 aromatic carbocycles. The van der Waals surface area contributed by atoms with Crippen molar-refractivity contribution in [3.8, 4) is 0 Å². The van der Waals surface area contributed by atoms with Gasteiger partial charge in [-0.2, -0.15) is 0 Å². The molecule has 1 heterocycles. The molecule has 122 valence electrons. The fourth-order valence-electron chi connectivity index (χ4n) is 2.78. The quantitative estimate of drug-likeness (QED) is 0.724. The molecule has 1 fully saturated rings. The van der Waals surface area contributed by atoms with Crippen molar-refractivity contribution in [2.24, 2.45) is 0 Å². The van der Waals surface area contributed by atoms with E-state index in [0.29, 0.717) is 13.2 Å². The van der Waals surface area contributed by atoms with Crippen LogP contribution in [0.15, 0.2) is 0 Å². The Morgan fingerprint density at radius 3 is 2.48 bits per heavy atom. The Hall–Kier alpha value is -1.34. The Bertz CT molecular complexity index is 359. The SMILES string of the molecule is CCC(CC)N(CCOC)C(=O)N1C[C@@H](O)C[C@H]1C(=O)O. The third-order valence-corrected chi connectivity index (χ3v) is 3.98. The summed E-state index contributed by atoms with van der Waals surface area (Å²) in [5, 5.41) is 18.9. The zero-order chi connectivity index (χ0) is 16.0. The number of aliphatic hydroxyl groups excluding tert-OH is 1. The largest absolute Gasteiger partial charge is 0.480 e. The maximum absolute atomic E-state index is 12.7. The van der Waals surface area contributed by atoms with Gasteiger partial charge in [0, 0.05) is 32.7 Å². The molecular weight excluding hydrogens is 276 g/mol. The topological polar surface area (TPSA) is 90.3 Å². The van der Waals surface area contributed by atoms with Gasteiger partial charge in [-0.1, -0.05) is 13.8 Å². The molecule has 1 rings (SSSR count). The van der Waals surface area contributed by atoms with E-state index in [0.717, 1.165) is 12.8 Å². The Morgan fingerprint density at radius 2 is 2.00 bits per heavy atom. The number of carboxylic acid groups (broad SMARTS) is 1. The molecule has 1 aliphatic rings. The number of aliphatic hydroxyl groups is 1. The summed E-state index contributed by atoms with van der Waals surface area (Å²) in [6, 6.07) is -1.24. The summed E-state index contributed by atoms with van der Waals surface area (Å²) in [5.41, 5.74) is 0. The van der Waals surface area contributed by atoms with E-state index >= 15 is 0 Å². The molecule has 0 aliphatic carbocycles. The van der Waals surface area contributed by atoms with Crippen LogP contribution in [0.4, 0.5) is 4.79 Å². The van der Waals surface area contributed by atoms with Crippen molar-refractivity contribution in [2.75, 3.05) is 26.8 Å². The number of carbonyl (C=O) groups excluding carboxylic acids is 1. The summed E-state index contributed by atoms with van der Waals surface area (Å²) in [7, 11) is 1.56. The van der Waals surface area contributed by atoms with Crippen molar-refractivity contribution in [3.63, 3.8) is 0 Å². The summed E-state index contributed by atoms with van der Waals surface area (Å²) < 4.78 is 5.04. The number of nitrogens with zero attached hydrogens (tertiary/aromatic N) is 2. The molecule has 0 spiro atoms. The number of amides is 2. The Kier molecular flexibility index (Phi) is 6.91. The highest BCUT2D eigenvalue weighted by Gasteiger charge is 2.41. The first-order valence-corrected chi connectivity index (χ1v) is 7.43. The number of β-amino-alcohol motifs (C(OH)–C–C–N with tert-alkyl or cyclic N) is 1. The van der Waals surface area contributed by atoms with Gasteiger partial charge >= 0.3 is 12.0 Å². The van der Waals surface area contributed by atoms with Crippen LogP contribution >= 0.6 is 0 Å². The minimum atomic E-state index is -1.07. The third-order valence-electron chi connectivity index (χ3n) is 3.98. The van der Waals surface area contributed by atoms with Crippen LogP contribution in [0, 0.1) is 0 Å². The van der Waals surface area contributed by atoms with Gasteiger partial charge in [-0.05, 0) is 12.8 Å². The van der Waals surface area contributed by atoms with Gasteiger partial charge in [-0.3, -0.25) is 0 Å². The van der Waals surface area contributed by atoms with Gasteiger partial charge in [-0.25, -0.2) is 9.59 Å². The highest BCUT2D eigenvalue weighted by molar-refractivity contribution is 5.83. The van der Waals surface area contributed by atoms with E-state index < -0.39 is 18.1 Å². The lowest BCUT2D eigenvalue weighted by Crippen LogP contribution is -2.52. The third kappa shape index (κ3) is 4.31. The molecule has 7 heteroatoms. The van der Waals surface area contributed by atoms with E-state index in [2.05, 4.69) is 0 Å². The maximum atomic E-state index is 12.7. The van der Waals surface area contributed by atoms with E-state index in [1.165, 1.54) is 4.90 Å². The van der Waals surface area contributed by atoms with Crippen LogP contribution < -0.4 is 0 Å². The minimum absolute atomic E-state index is 0.0415. The predicted molar refractivity (Wildman–Crippen MR) is 77.1 cm³/mol. The number of hydrogen-bond acceptors (Lipinski definition) is 4. The molecule has 0 radical (unpaired) electrons. The summed E-state index contributed by atoms with van der Waals surface area (Å²) >= 11 is 0. The van der Waals surface area contributed by atoms with Gasteiger partial charge in [0.2, 0.25) is 0 Å². The number of rotatable bonds is 7. The fraction of sp³-hybridized carbons (Fsp3) is 0.857. The van der Waals surface area contributed by atoms with Crippen molar-refractivity contribution in [1.29, 1.82) is 0 Å². The molecule has 0 aromatic heterocycles. The maximum Gasteiger partial charge on any atom is 0.326 e. The zero-order valence-corrected chi connectivity index (χ0v) is 13.0. The van der Waals surface area contributed by atoms with Crippen molar-refractivity contribution in [1.82, 2.24) is 9.80 Å². The van der Waals surface area contributed by atoms with E-state index in [1.807, 2.05) is 13.8 Å². The second kappa shape index (κ2) is 8.19. The van der Waals surface area contributed by atoms with E-state index in [1.54, 1.807) is 12.0 Å². The van der Waals surface area contributed by atoms with Gasteiger partial charge in [0.05, 0.1) is 12.7 Å². The van der Waals surface area contributed by atoms with E-state index in [9.17, 15) is 19.8 Å². The fourth-order valence-corrected chi connectivity index (χ4v) is 2.78. The van der Waals surface area contributed by atoms with Crippen molar-refractivity contribution in [2.45, 2.75) is 51.3 Å². The molecule has 0 saturated carbocycles.